The molecule has 1 aromatic rings. The molecule has 0 heterocycles. The summed E-state index contributed by atoms with van der Waals surface area (Å²) in [4.78, 5) is 23.0. The number of carbonyl (C=O) groups is 2. The van der Waals surface area contributed by atoms with Crippen LogP contribution < -0.4 is 5.32 Å². The zero-order valence-electron chi connectivity index (χ0n) is 10.6. The van der Waals surface area contributed by atoms with Gasteiger partial charge in [0, 0.05) is 5.69 Å². The molecule has 0 radical (unpaired) electrons. The fraction of sp³-hybridized carbons (Fsp3) is 0.429. The average Bonchev–Trinajstić information content (AvgIpc) is 3.06. The van der Waals surface area contributed by atoms with Crippen LogP contribution in [0.2, 0.25) is 0 Å². The summed E-state index contributed by atoms with van der Waals surface area (Å²) in [5, 5.41) is 2.72. The molecular formula is C14H17NO3. The molecule has 1 aliphatic rings. The van der Waals surface area contributed by atoms with Crippen LogP contribution in [0.15, 0.2) is 24.3 Å². The van der Waals surface area contributed by atoms with E-state index in [1.165, 1.54) is 0 Å². The largest absolute Gasteiger partial charge is 0.455 e. The van der Waals surface area contributed by atoms with E-state index in [2.05, 4.69) is 5.32 Å². The first-order valence-electron chi connectivity index (χ1n) is 6.10. The Morgan fingerprint density at radius 3 is 2.67 bits per heavy atom. The summed E-state index contributed by atoms with van der Waals surface area (Å²) < 4.78 is 4.96. The Kier molecular flexibility index (Phi) is 3.65. The quantitative estimate of drug-likeness (QED) is 0.829. The van der Waals surface area contributed by atoms with Gasteiger partial charge in [-0.05, 0) is 30.9 Å². The molecule has 0 saturated heterocycles. The normalized spacial score (nSPS) is 21.2. The van der Waals surface area contributed by atoms with E-state index < -0.39 is 0 Å². The monoisotopic (exact) mass is 247 g/mol. The van der Waals surface area contributed by atoms with Crippen LogP contribution in [0, 0.1) is 18.8 Å². The van der Waals surface area contributed by atoms with Crippen molar-refractivity contribution in [2.75, 3.05) is 11.9 Å². The van der Waals surface area contributed by atoms with Gasteiger partial charge in [0.1, 0.15) is 0 Å². The second kappa shape index (κ2) is 5.21. The molecule has 18 heavy (non-hydrogen) atoms. The molecule has 1 aromatic carbocycles. The first-order chi connectivity index (χ1) is 8.58. The number of anilines is 1. The van der Waals surface area contributed by atoms with Gasteiger partial charge in [0.05, 0.1) is 5.92 Å². The third kappa shape index (κ3) is 3.09. The van der Waals surface area contributed by atoms with Gasteiger partial charge in [-0.2, -0.15) is 0 Å². The van der Waals surface area contributed by atoms with Crippen molar-refractivity contribution in [1.29, 1.82) is 0 Å². The highest BCUT2D eigenvalue weighted by atomic mass is 16.5. The molecule has 4 heteroatoms. The van der Waals surface area contributed by atoms with Crippen LogP contribution in [0.25, 0.3) is 0 Å². The van der Waals surface area contributed by atoms with Gasteiger partial charge in [-0.1, -0.05) is 25.1 Å². The summed E-state index contributed by atoms with van der Waals surface area (Å²) in [6, 6.07) is 7.48. The number of esters is 1. The van der Waals surface area contributed by atoms with Gasteiger partial charge in [-0.15, -0.1) is 0 Å². The molecule has 0 aliphatic heterocycles. The lowest BCUT2D eigenvalue weighted by Crippen LogP contribution is -2.22. The number of ether oxygens (including phenoxy) is 1. The maximum Gasteiger partial charge on any atom is 0.309 e. The van der Waals surface area contributed by atoms with Crippen molar-refractivity contribution in [3.05, 3.63) is 29.8 Å². The molecule has 1 aliphatic carbocycles. The number of benzene rings is 1. The van der Waals surface area contributed by atoms with Gasteiger partial charge in [0.2, 0.25) is 0 Å². The predicted molar refractivity (Wildman–Crippen MR) is 68.0 cm³/mol. The maximum absolute atomic E-state index is 11.6. The van der Waals surface area contributed by atoms with Crippen LogP contribution in [0.1, 0.15) is 18.9 Å². The molecule has 1 amide bonds. The van der Waals surface area contributed by atoms with Gasteiger partial charge in [-0.25, -0.2) is 0 Å². The van der Waals surface area contributed by atoms with Crippen LogP contribution in [0.4, 0.5) is 5.69 Å². The summed E-state index contributed by atoms with van der Waals surface area (Å²) in [6.07, 6.45) is 0.873. The number of para-hydroxylation sites is 1. The number of amides is 1. The van der Waals surface area contributed by atoms with Crippen molar-refractivity contribution < 1.29 is 14.3 Å². The van der Waals surface area contributed by atoms with Crippen LogP contribution in [-0.2, 0) is 14.3 Å². The highest BCUT2D eigenvalue weighted by Crippen LogP contribution is 2.38. The molecule has 0 unspecified atom stereocenters. The first kappa shape index (κ1) is 12.6. The summed E-state index contributed by atoms with van der Waals surface area (Å²) in [7, 11) is 0. The van der Waals surface area contributed by atoms with E-state index in [9.17, 15) is 9.59 Å². The summed E-state index contributed by atoms with van der Waals surface area (Å²) in [5.74, 6) is -0.165. The minimum atomic E-state index is -0.300. The van der Waals surface area contributed by atoms with Crippen LogP contribution in [-0.4, -0.2) is 18.5 Å². The topological polar surface area (TPSA) is 55.4 Å². The molecular weight excluding hydrogens is 230 g/mol. The minimum absolute atomic E-state index is 0.00346. The van der Waals surface area contributed by atoms with E-state index in [0.29, 0.717) is 5.92 Å². The third-order valence-corrected chi connectivity index (χ3v) is 3.18. The Hall–Kier alpha value is -1.84. The van der Waals surface area contributed by atoms with Crippen molar-refractivity contribution in [2.24, 2.45) is 11.8 Å². The second-order valence-corrected chi connectivity index (χ2v) is 4.79. The Morgan fingerprint density at radius 2 is 2.06 bits per heavy atom. The highest BCUT2D eigenvalue weighted by molar-refractivity contribution is 5.93. The highest BCUT2D eigenvalue weighted by Gasteiger charge is 2.40. The lowest BCUT2D eigenvalue weighted by Gasteiger charge is -2.08. The fourth-order valence-corrected chi connectivity index (χ4v) is 1.79. The minimum Gasteiger partial charge on any atom is -0.455 e. The Balaban J connectivity index is 1.79. The SMILES string of the molecule is Cc1ccccc1NC(=O)COC(=O)[C@H]1C[C@H]1C. The molecule has 2 atom stereocenters. The van der Waals surface area contributed by atoms with E-state index in [0.717, 1.165) is 17.7 Å². The van der Waals surface area contributed by atoms with Gasteiger partial charge >= 0.3 is 5.97 Å². The van der Waals surface area contributed by atoms with Crippen molar-refractivity contribution in [1.82, 2.24) is 0 Å². The number of rotatable bonds is 4. The summed E-state index contributed by atoms with van der Waals surface area (Å²) >= 11 is 0. The molecule has 0 aromatic heterocycles. The molecule has 4 nitrogen and oxygen atoms in total. The van der Waals surface area contributed by atoms with Crippen molar-refractivity contribution >= 4 is 17.6 Å². The second-order valence-electron chi connectivity index (χ2n) is 4.79. The van der Waals surface area contributed by atoms with E-state index >= 15 is 0 Å². The smallest absolute Gasteiger partial charge is 0.309 e. The predicted octanol–water partition coefficient (Wildman–Crippen LogP) is 2.13. The Labute approximate surface area is 106 Å². The molecule has 1 fully saturated rings. The van der Waals surface area contributed by atoms with Gasteiger partial charge < -0.3 is 10.1 Å². The van der Waals surface area contributed by atoms with Crippen molar-refractivity contribution in [2.45, 2.75) is 20.3 Å². The Bertz CT molecular complexity index is 470. The van der Waals surface area contributed by atoms with Crippen LogP contribution in [0.5, 0.6) is 0 Å². The zero-order valence-corrected chi connectivity index (χ0v) is 10.6. The van der Waals surface area contributed by atoms with E-state index in [4.69, 9.17) is 4.74 Å². The summed E-state index contributed by atoms with van der Waals surface area (Å²) in [5.41, 5.74) is 1.73. The third-order valence-electron chi connectivity index (χ3n) is 3.18. The number of nitrogens with one attached hydrogen (secondary N) is 1. The van der Waals surface area contributed by atoms with Crippen LogP contribution in [0.3, 0.4) is 0 Å². The lowest BCUT2D eigenvalue weighted by atomic mass is 10.2. The number of hydrogen-bond donors (Lipinski definition) is 1. The molecule has 1 N–H and O–H groups in total. The van der Waals surface area contributed by atoms with Gasteiger partial charge in [0.15, 0.2) is 6.61 Å². The molecule has 0 spiro atoms. The van der Waals surface area contributed by atoms with Gasteiger partial charge in [-0.3, -0.25) is 9.59 Å². The number of hydrogen-bond acceptors (Lipinski definition) is 3. The summed E-state index contributed by atoms with van der Waals surface area (Å²) in [6.45, 7) is 3.70. The average molecular weight is 247 g/mol. The molecule has 96 valence electrons. The molecule has 0 bridgehead atoms. The standard InChI is InChI=1S/C14H17NO3/c1-9-5-3-4-6-12(9)15-13(16)8-18-14(17)11-7-10(11)2/h3-6,10-11H,7-8H2,1-2H3,(H,15,16)/t10-,11+/m1/s1. The molecule has 1 saturated carbocycles. The van der Waals surface area contributed by atoms with E-state index in [-0.39, 0.29) is 24.4 Å². The van der Waals surface area contributed by atoms with Crippen LogP contribution >= 0.6 is 0 Å². The van der Waals surface area contributed by atoms with Crippen molar-refractivity contribution in [3.8, 4) is 0 Å². The Morgan fingerprint density at radius 1 is 1.39 bits per heavy atom. The van der Waals surface area contributed by atoms with E-state index in [1.807, 2.05) is 38.1 Å². The zero-order chi connectivity index (χ0) is 13.1. The lowest BCUT2D eigenvalue weighted by molar-refractivity contribution is -0.148. The number of aryl methyl sites for hydroxylation is 1. The number of carbonyl (C=O) groups excluding carboxylic acids is 2. The van der Waals surface area contributed by atoms with Crippen molar-refractivity contribution in [3.63, 3.8) is 0 Å². The fourth-order valence-electron chi connectivity index (χ4n) is 1.79. The molecule has 2 rings (SSSR count). The van der Waals surface area contributed by atoms with E-state index in [1.54, 1.807) is 0 Å². The van der Waals surface area contributed by atoms with Gasteiger partial charge in [0.25, 0.3) is 5.91 Å². The first-order valence-corrected chi connectivity index (χ1v) is 6.10. The maximum atomic E-state index is 11.6.